The highest BCUT2D eigenvalue weighted by Crippen LogP contribution is 2.31. The van der Waals surface area contributed by atoms with Gasteiger partial charge in [-0.15, -0.1) is 11.3 Å². The standard InChI is InChI=1S/C20H22N2O3S/c1-3-22(12-15-6-7-17-18(11-15)24-9-8-23-17)13-16-14(2)25-20(21-16)19-5-4-10-26-19/h4-7,10-11H,3,8-9,12-13H2,1-2H3. The number of benzene rings is 1. The van der Waals surface area contributed by atoms with Crippen molar-refractivity contribution in [2.45, 2.75) is 26.9 Å². The smallest absolute Gasteiger partial charge is 0.236 e. The van der Waals surface area contributed by atoms with Gasteiger partial charge in [0, 0.05) is 13.1 Å². The van der Waals surface area contributed by atoms with Gasteiger partial charge in [-0.3, -0.25) is 4.90 Å². The number of rotatable bonds is 6. The highest BCUT2D eigenvalue weighted by atomic mass is 32.1. The Bertz CT molecular complexity index is 873. The monoisotopic (exact) mass is 370 g/mol. The summed E-state index contributed by atoms with van der Waals surface area (Å²) < 4.78 is 17.2. The van der Waals surface area contributed by atoms with Gasteiger partial charge in [0.15, 0.2) is 11.5 Å². The van der Waals surface area contributed by atoms with E-state index in [1.165, 1.54) is 5.56 Å². The fourth-order valence-electron chi connectivity index (χ4n) is 3.02. The molecule has 0 N–H and O–H groups in total. The molecule has 0 radical (unpaired) electrons. The van der Waals surface area contributed by atoms with Crippen LogP contribution in [0, 0.1) is 6.92 Å². The van der Waals surface area contributed by atoms with Crippen LogP contribution < -0.4 is 9.47 Å². The summed E-state index contributed by atoms with van der Waals surface area (Å²) in [4.78, 5) is 8.12. The van der Waals surface area contributed by atoms with Crippen molar-refractivity contribution in [1.29, 1.82) is 0 Å². The molecule has 2 aromatic heterocycles. The van der Waals surface area contributed by atoms with Crippen LogP contribution in [0.5, 0.6) is 11.5 Å². The average Bonchev–Trinajstić information content (AvgIpc) is 3.31. The summed E-state index contributed by atoms with van der Waals surface area (Å²) in [5.41, 5.74) is 2.20. The zero-order valence-corrected chi connectivity index (χ0v) is 15.8. The Morgan fingerprint density at radius 2 is 1.96 bits per heavy atom. The van der Waals surface area contributed by atoms with Gasteiger partial charge in [-0.05, 0) is 42.6 Å². The predicted octanol–water partition coefficient (Wildman–Crippen LogP) is 4.50. The van der Waals surface area contributed by atoms with Gasteiger partial charge in [0.1, 0.15) is 19.0 Å². The largest absolute Gasteiger partial charge is 0.486 e. The van der Waals surface area contributed by atoms with Crippen LogP contribution in [0.2, 0.25) is 0 Å². The van der Waals surface area contributed by atoms with Crippen LogP contribution in [-0.2, 0) is 13.1 Å². The third-order valence-corrected chi connectivity index (χ3v) is 5.32. The summed E-state index contributed by atoms with van der Waals surface area (Å²) in [7, 11) is 0. The van der Waals surface area contributed by atoms with Gasteiger partial charge >= 0.3 is 0 Å². The Morgan fingerprint density at radius 3 is 2.73 bits per heavy atom. The molecule has 0 aliphatic carbocycles. The number of fused-ring (bicyclic) bond motifs is 1. The number of aromatic nitrogens is 1. The van der Waals surface area contributed by atoms with Crippen molar-refractivity contribution in [2.24, 2.45) is 0 Å². The van der Waals surface area contributed by atoms with Crippen LogP contribution in [0.25, 0.3) is 10.8 Å². The van der Waals surface area contributed by atoms with Crippen molar-refractivity contribution in [3.05, 3.63) is 52.7 Å². The first-order chi connectivity index (χ1) is 12.7. The number of hydrogen-bond acceptors (Lipinski definition) is 6. The van der Waals surface area contributed by atoms with E-state index in [4.69, 9.17) is 18.9 Å². The molecule has 1 aromatic carbocycles. The molecule has 4 rings (SSSR count). The van der Waals surface area contributed by atoms with Gasteiger partial charge in [-0.1, -0.05) is 19.1 Å². The first-order valence-corrected chi connectivity index (χ1v) is 9.72. The van der Waals surface area contributed by atoms with Crippen molar-refractivity contribution in [1.82, 2.24) is 9.88 Å². The van der Waals surface area contributed by atoms with Crippen LogP contribution in [-0.4, -0.2) is 29.6 Å². The maximum Gasteiger partial charge on any atom is 0.236 e. The maximum absolute atomic E-state index is 5.87. The van der Waals surface area contributed by atoms with E-state index in [9.17, 15) is 0 Å². The zero-order chi connectivity index (χ0) is 17.9. The molecular weight excluding hydrogens is 348 g/mol. The quantitative estimate of drug-likeness (QED) is 0.639. The van der Waals surface area contributed by atoms with Crippen molar-refractivity contribution in [3.63, 3.8) is 0 Å². The molecule has 0 saturated carbocycles. The highest BCUT2D eigenvalue weighted by molar-refractivity contribution is 7.13. The van der Waals surface area contributed by atoms with Gasteiger partial charge in [-0.2, -0.15) is 0 Å². The van der Waals surface area contributed by atoms with E-state index in [0.717, 1.165) is 47.5 Å². The Morgan fingerprint density at radius 1 is 1.12 bits per heavy atom. The molecule has 0 saturated heterocycles. The van der Waals surface area contributed by atoms with Crippen LogP contribution in [0.3, 0.4) is 0 Å². The molecule has 136 valence electrons. The van der Waals surface area contributed by atoms with Gasteiger partial charge in [0.2, 0.25) is 5.89 Å². The third kappa shape index (κ3) is 3.61. The minimum absolute atomic E-state index is 0.609. The lowest BCUT2D eigenvalue weighted by atomic mass is 10.1. The van der Waals surface area contributed by atoms with Crippen molar-refractivity contribution in [2.75, 3.05) is 19.8 Å². The Labute approximate surface area is 157 Å². The van der Waals surface area contributed by atoms with Gasteiger partial charge in [0.05, 0.1) is 10.6 Å². The van der Waals surface area contributed by atoms with E-state index in [2.05, 4.69) is 24.0 Å². The van der Waals surface area contributed by atoms with Crippen LogP contribution in [0.4, 0.5) is 0 Å². The molecule has 0 fully saturated rings. The van der Waals surface area contributed by atoms with E-state index in [-0.39, 0.29) is 0 Å². The third-order valence-electron chi connectivity index (χ3n) is 4.46. The fraction of sp³-hybridized carbons (Fsp3) is 0.350. The fourth-order valence-corrected chi connectivity index (χ4v) is 3.67. The molecule has 0 amide bonds. The second-order valence-electron chi connectivity index (χ2n) is 6.28. The SMILES string of the molecule is CCN(Cc1ccc2c(c1)OCCO2)Cc1nc(-c2cccs2)oc1C. The number of ether oxygens (including phenoxy) is 2. The molecule has 1 aliphatic rings. The number of thiophene rings is 1. The van der Waals surface area contributed by atoms with Crippen LogP contribution in [0.1, 0.15) is 23.9 Å². The van der Waals surface area contributed by atoms with Gasteiger partial charge in [0.25, 0.3) is 0 Å². The molecule has 0 unspecified atom stereocenters. The Balaban J connectivity index is 1.48. The molecule has 1 aliphatic heterocycles. The Hall–Kier alpha value is -2.31. The van der Waals surface area contributed by atoms with Gasteiger partial charge in [-0.25, -0.2) is 4.98 Å². The number of hydrogen-bond donors (Lipinski definition) is 0. The molecular formula is C20H22N2O3S. The lowest BCUT2D eigenvalue weighted by molar-refractivity contribution is 0.171. The molecule has 0 spiro atoms. The number of oxazole rings is 1. The molecule has 3 aromatic rings. The average molecular weight is 370 g/mol. The van der Waals surface area contributed by atoms with Crippen molar-refractivity contribution in [3.8, 4) is 22.3 Å². The molecule has 5 nitrogen and oxygen atoms in total. The Kier molecular flexibility index (Phi) is 4.95. The van der Waals surface area contributed by atoms with Gasteiger partial charge < -0.3 is 13.9 Å². The minimum atomic E-state index is 0.609. The highest BCUT2D eigenvalue weighted by Gasteiger charge is 2.17. The minimum Gasteiger partial charge on any atom is -0.486 e. The first kappa shape index (κ1) is 17.1. The molecule has 3 heterocycles. The second-order valence-corrected chi connectivity index (χ2v) is 7.23. The molecule has 6 heteroatoms. The van der Waals surface area contributed by atoms with E-state index in [1.54, 1.807) is 11.3 Å². The van der Waals surface area contributed by atoms with Crippen LogP contribution >= 0.6 is 11.3 Å². The topological polar surface area (TPSA) is 47.7 Å². The maximum atomic E-state index is 5.87. The summed E-state index contributed by atoms with van der Waals surface area (Å²) in [6, 6.07) is 10.2. The molecule has 0 bridgehead atoms. The molecule has 26 heavy (non-hydrogen) atoms. The lowest BCUT2D eigenvalue weighted by Crippen LogP contribution is -2.23. The lowest BCUT2D eigenvalue weighted by Gasteiger charge is -2.22. The number of aryl methyl sites for hydroxylation is 1. The van der Waals surface area contributed by atoms with Crippen molar-refractivity contribution >= 4 is 11.3 Å². The summed E-state index contributed by atoms with van der Waals surface area (Å²) in [6.07, 6.45) is 0. The van der Waals surface area contributed by atoms with Crippen LogP contribution in [0.15, 0.2) is 40.1 Å². The van der Waals surface area contributed by atoms with Crippen molar-refractivity contribution < 1.29 is 13.9 Å². The summed E-state index contributed by atoms with van der Waals surface area (Å²) in [5, 5.41) is 2.04. The summed E-state index contributed by atoms with van der Waals surface area (Å²) in [6.45, 7) is 7.88. The summed E-state index contributed by atoms with van der Waals surface area (Å²) >= 11 is 1.64. The predicted molar refractivity (Wildman–Crippen MR) is 102 cm³/mol. The first-order valence-electron chi connectivity index (χ1n) is 8.84. The second kappa shape index (κ2) is 7.51. The molecule has 0 atom stereocenters. The summed E-state index contributed by atoms with van der Waals surface area (Å²) in [5.74, 6) is 3.26. The van der Waals surface area contributed by atoms with E-state index < -0.39 is 0 Å². The van der Waals surface area contributed by atoms with E-state index >= 15 is 0 Å². The van der Waals surface area contributed by atoms with E-state index in [1.807, 2.05) is 30.5 Å². The number of nitrogens with zero attached hydrogens (tertiary/aromatic N) is 2. The zero-order valence-electron chi connectivity index (χ0n) is 15.0. The van der Waals surface area contributed by atoms with E-state index in [0.29, 0.717) is 19.1 Å². The normalized spacial score (nSPS) is 13.3.